The van der Waals surface area contributed by atoms with Gasteiger partial charge in [-0.15, -0.1) is 5.10 Å². The third-order valence-corrected chi connectivity index (χ3v) is 3.94. The molecule has 0 spiro atoms. The Labute approximate surface area is 108 Å². The number of likely N-dealkylation sites (tertiary alicyclic amines) is 1. The fourth-order valence-corrected chi connectivity index (χ4v) is 2.81. The first kappa shape index (κ1) is 13.2. The van der Waals surface area contributed by atoms with Gasteiger partial charge in [-0.3, -0.25) is 9.36 Å². The van der Waals surface area contributed by atoms with E-state index in [4.69, 9.17) is 5.11 Å². The lowest BCUT2D eigenvalue weighted by Crippen LogP contribution is -2.24. The van der Waals surface area contributed by atoms with Crippen LogP contribution in [0.1, 0.15) is 6.42 Å². The highest BCUT2D eigenvalue weighted by Gasteiger charge is 2.22. The third-order valence-electron chi connectivity index (χ3n) is 2.98. The maximum absolute atomic E-state index is 11.6. The lowest BCUT2D eigenvalue weighted by atomic mass is 10.1. The molecule has 100 valence electrons. The summed E-state index contributed by atoms with van der Waals surface area (Å²) in [7, 11) is 2.05. The molecule has 8 heteroatoms. The predicted molar refractivity (Wildman–Crippen MR) is 66.8 cm³/mol. The van der Waals surface area contributed by atoms with E-state index in [1.54, 1.807) is 0 Å². The van der Waals surface area contributed by atoms with Crippen molar-refractivity contribution in [1.82, 2.24) is 19.7 Å². The van der Waals surface area contributed by atoms with Crippen molar-refractivity contribution in [2.45, 2.75) is 18.1 Å². The minimum atomic E-state index is -0.914. The van der Waals surface area contributed by atoms with Gasteiger partial charge in [0, 0.05) is 13.1 Å². The molecule has 1 unspecified atom stereocenters. The Morgan fingerprint density at radius 1 is 1.67 bits per heavy atom. The van der Waals surface area contributed by atoms with Crippen LogP contribution < -0.4 is 5.69 Å². The van der Waals surface area contributed by atoms with Crippen LogP contribution >= 0.6 is 11.8 Å². The summed E-state index contributed by atoms with van der Waals surface area (Å²) >= 11 is 1.07. The molecule has 1 aliphatic heterocycles. The van der Waals surface area contributed by atoms with Crippen molar-refractivity contribution in [1.29, 1.82) is 0 Å². The van der Waals surface area contributed by atoms with E-state index in [0.29, 0.717) is 17.6 Å². The van der Waals surface area contributed by atoms with Crippen LogP contribution in [0.2, 0.25) is 0 Å². The Morgan fingerprint density at radius 2 is 2.44 bits per heavy atom. The molecular weight excluding hydrogens is 256 g/mol. The second kappa shape index (κ2) is 5.57. The van der Waals surface area contributed by atoms with Gasteiger partial charge in [0.1, 0.15) is 0 Å². The summed E-state index contributed by atoms with van der Waals surface area (Å²) in [6.07, 6.45) is 1.05. The standard InChI is InChI=1S/C10H16N4O3S/c1-13-3-2-7(4-13)5-14-9(17)11-12-10(14)18-6-8(15)16/h7H,2-6H2,1H3,(H,11,17)(H,15,16). The second-order valence-corrected chi connectivity index (χ2v) is 5.46. The number of aromatic nitrogens is 3. The van der Waals surface area contributed by atoms with Gasteiger partial charge in [-0.1, -0.05) is 11.8 Å². The molecule has 1 saturated heterocycles. The first-order valence-electron chi connectivity index (χ1n) is 5.74. The van der Waals surface area contributed by atoms with E-state index in [-0.39, 0.29) is 11.4 Å². The van der Waals surface area contributed by atoms with Crippen LogP contribution in [0.15, 0.2) is 9.95 Å². The van der Waals surface area contributed by atoms with Gasteiger partial charge in [-0.2, -0.15) is 0 Å². The normalized spacial score (nSPS) is 20.4. The minimum Gasteiger partial charge on any atom is -0.481 e. The van der Waals surface area contributed by atoms with Crippen molar-refractivity contribution in [3.05, 3.63) is 10.5 Å². The molecule has 0 bridgehead atoms. The number of thioether (sulfide) groups is 1. The average Bonchev–Trinajstić information content (AvgIpc) is 2.85. The number of carboxylic acids is 1. The van der Waals surface area contributed by atoms with Crippen LogP contribution in [0, 0.1) is 5.92 Å². The summed E-state index contributed by atoms with van der Waals surface area (Å²) in [5, 5.41) is 15.3. The molecule has 0 amide bonds. The second-order valence-electron chi connectivity index (χ2n) is 4.52. The maximum atomic E-state index is 11.6. The summed E-state index contributed by atoms with van der Waals surface area (Å²) in [6.45, 7) is 2.59. The molecule has 2 heterocycles. The van der Waals surface area contributed by atoms with Crippen LogP contribution in [0.5, 0.6) is 0 Å². The van der Waals surface area contributed by atoms with Gasteiger partial charge in [0.2, 0.25) is 0 Å². The van der Waals surface area contributed by atoms with Gasteiger partial charge in [0.15, 0.2) is 5.16 Å². The van der Waals surface area contributed by atoms with Crippen LogP contribution in [0.3, 0.4) is 0 Å². The number of nitrogens with one attached hydrogen (secondary N) is 1. The summed E-state index contributed by atoms with van der Waals surface area (Å²) in [5.41, 5.74) is -0.266. The van der Waals surface area contributed by atoms with E-state index in [2.05, 4.69) is 22.1 Å². The SMILES string of the molecule is CN1CCC(Cn2c(SCC(=O)O)n[nH]c2=O)C1. The van der Waals surface area contributed by atoms with E-state index < -0.39 is 5.97 Å². The Balaban J connectivity index is 2.04. The average molecular weight is 272 g/mol. The van der Waals surface area contributed by atoms with Crippen molar-refractivity contribution in [3.8, 4) is 0 Å². The molecule has 2 rings (SSSR count). The molecule has 1 atom stereocenters. The molecule has 18 heavy (non-hydrogen) atoms. The molecule has 0 radical (unpaired) electrons. The maximum Gasteiger partial charge on any atom is 0.343 e. The lowest BCUT2D eigenvalue weighted by molar-refractivity contribution is -0.133. The highest BCUT2D eigenvalue weighted by atomic mass is 32.2. The lowest BCUT2D eigenvalue weighted by Gasteiger charge is -2.11. The fraction of sp³-hybridized carbons (Fsp3) is 0.700. The molecule has 1 aromatic heterocycles. The molecule has 0 aliphatic carbocycles. The fourth-order valence-electron chi connectivity index (χ4n) is 2.13. The third kappa shape index (κ3) is 3.14. The highest BCUT2D eigenvalue weighted by molar-refractivity contribution is 7.99. The van der Waals surface area contributed by atoms with E-state index >= 15 is 0 Å². The zero-order valence-electron chi connectivity index (χ0n) is 10.1. The zero-order valence-corrected chi connectivity index (χ0v) is 10.9. The van der Waals surface area contributed by atoms with E-state index in [1.807, 2.05) is 0 Å². The number of carbonyl (C=O) groups is 1. The smallest absolute Gasteiger partial charge is 0.343 e. The quantitative estimate of drug-likeness (QED) is 0.715. The largest absolute Gasteiger partial charge is 0.481 e. The van der Waals surface area contributed by atoms with Crippen LogP contribution in [0.4, 0.5) is 0 Å². The number of aromatic amines is 1. The van der Waals surface area contributed by atoms with Crippen molar-refractivity contribution in [2.24, 2.45) is 5.92 Å². The zero-order chi connectivity index (χ0) is 13.1. The van der Waals surface area contributed by atoms with Gasteiger partial charge in [0.05, 0.1) is 5.75 Å². The Kier molecular flexibility index (Phi) is 4.07. The van der Waals surface area contributed by atoms with Gasteiger partial charge < -0.3 is 10.0 Å². The van der Waals surface area contributed by atoms with Crippen molar-refractivity contribution in [3.63, 3.8) is 0 Å². The van der Waals surface area contributed by atoms with E-state index in [0.717, 1.165) is 31.3 Å². The number of H-pyrrole nitrogens is 1. The number of rotatable bonds is 5. The summed E-state index contributed by atoms with van der Waals surface area (Å²) in [5.74, 6) is -0.577. The van der Waals surface area contributed by atoms with Crippen LogP contribution in [-0.2, 0) is 11.3 Å². The predicted octanol–water partition coefficient (Wildman–Crippen LogP) is -0.300. The number of nitrogens with zero attached hydrogens (tertiary/aromatic N) is 3. The number of aliphatic carboxylic acids is 1. The minimum absolute atomic E-state index is 0.0884. The molecule has 0 aromatic carbocycles. The number of hydrogen-bond acceptors (Lipinski definition) is 5. The van der Waals surface area contributed by atoms with Crippen LogP contribution in [-0.4, -0.2) is 56.6 Å². The summed E-state index contributed by atoms with van der Waals surface area (Å²) in [6, 6.07) is 0. The molecule has 1 aromatic rings. The van der Waals surface area contributed by atoms with Gasteiger partial charge in [0.25, 0.3) is 0 Å². The van der Waals surface area contributed by atoms with Gasteiger partial charge in [-0.25, -0.2) is 9.89 Å². The summed E-state index contributed by atoms with van der Waals surface area (Å²) in [4.78, 5) is 24.4. The molecule has 1 fully saturated rings. The molecule has 2 N–H and O–H groups in total. The molecule has 0 saturated carbocycles. The van der Waals surface area contributed by atoms with E-state index in [1.165, 1.54) is 4.57 Å². The molecule has 7 nitrogen and oxygen atoms in total. The molecule has 1 aliphatic rings. The number of hydrogen-bond donors (Lipinski definition) is 2. The Morgan fingerprint density at radius 3 is 3.06 bits per heavy atom. The highest BCUT2D eigenvalue weighted by Crippen LogP contribution is 2.19. The van der Waals surface area contributed by atoms with Crippen molar-refractivity contribution in [2.75, 3.05) is 25.9 Å². The first-order valence-corrected chi connectivity index (χ1v) is 6.73. The van der Waals surface area contributed by atoms with Gasteiger partial charge >= 0.3 is 11.7 Å². The monoisotopic (exact) mass is 272 g/mol. The Hall–Kier alpha value is -1.28. The van der Waals surface area contributed by atoms with E-state index in [9.17, 15) is 9.59 Å². The summed E-state index contributed by atoms with van der Waals surface area (Å²) < 4.78 is 1.54. The van der Waals surface area contributed by atoms with Crippen molar-refractivity contribution < 1.29 is 9.90 Å². The Bertz CT molecular complexity index is 484. The van der Waals surface area contributed by atoms with Crippen molar-refractivity contribution >= 4 is 17.7 Å². The topological polar surface area (TPSA) is 91.2 Å². The van der Waals surface area contributed by atoms with Gasteiger partial charge in [-0.05, 0) is 25.9 Å². The first-order chi connectivity index (χ1) is 8.56. The van der Waals surface area contributed by atoms with Crippen LogP contribution in [0.25, 0.3) is 0 Å². The number of carboxylic acid groups (broad SMARTS) is 1. The molecular formula is C10H16N4O3S.